The highest BCUT2D eigenvalue weighted by Gasteiger charge is 2.64. The highest BCUT2D eigenvalue weighted by atomic mass is 35.5. The second-order valence-corrected chi connectivity index (χ2v) is 11.3. The largest absolute Gasteiger partial charge is 0.444 e. The molecule has 0 saturated carbocycles. The average Bonchev–Trinajstić information content (AvgIpc) is 2.48. The standard InChI is InChI=1S/C22H31Cl2N3O3/c1-20(2,3)17-10-22(27(17)19(29)30-21(4,5)6)12-26(13-22)18(28)25-11-14-7-8-15(23)9-16(14)24/h7-9,17H,10-13H2,1-6H3,(H,25,28). The summed E-state index contributed by atoms with van der Waals surface area (Å²) in [5.74, 6) is 0. The van der Waals surface area contributed by atoms with Gasteiger partial charge in [-0.1, -0.05) is 50.0 Å². The molecule has 1 aromatic rings. The first-order valence-electron chi connectivity index (χ1n) is 10.2. The zero-order valence-corrected chi connectivity index (χ0v) is 20.0. The molecular formula is C22H31Cl2N3O3. The van der Waals surface area contributed by atoms with Crippen molar-refractivity contribution >= 4 is 35.3 Å². The van der Waals surface area contributed by atoms with E-state index in [0.29, 0.717) is 29.7 Å². The van der Waals surface area contributed by atoms with Crippen LogP contribution in [0.4, 0.5) is 9.59 Å². The maximum Gasteiger partial charge on any atom is 0.411 e. The molecule has 3 amide bonds. The van der Waals surface area contributed by atoms with Crippen molar-refractivity contribution in [2.45, 2.75) is 71.7 Å². The SMILES string of the molecule is CC(C)(C)OC(=O)N1C(C(C)(C)C)CC12CN(C(=O)NCc1ccc(Cl)cc1Cl)C2. The first-order chi connectivity index (χ1) is 13.7. The van der Waals surface area contributed by atoms with Gasteiger partial charge in [-0.05, 0) is 50.3 Å². The molecular weight excluding hydrogens is 425 g/mol. The van der Waals surface area contributed by atoms with Crippen molar-refractivity contribution in [3.63, 3.8) is 0 Å². The van der Waals surface area contributed by atoms with E-state index >= 15 is 0 Å². The molecule has 3 rings (SSSR count). The van der Waals surface area contributed by atoms with Crippen LogP contribution in [0.1, 0.15) is 53.5 Å². The van der Waals surface area contributed by atoms with Gasteiger partial charge in [0.15, 0.2) is 0 Å². The van der Waals surface area contributed by atoms with Crippen molar-refractivity contribution in [1.29, 1.82) is 0 Å². The van der Waals surface area contributed by atoms with E-state index in [2.05, 4.69) is 26.1 Å². The van der Waals surface area contributed by atoms with E-state index in [1.165, 1.54) is 0 Å². The fraction of sp³-hybridized carbons (Fsp3) is 0.636. The van der Waals surface area contributed by atoms with Gasteiger partial charge >= 0.3 is 12.1 Å². The number of benzene rings is 1. The average molecular weight is 456 g/mol. The van der Waals surface area contributed by atoms with Crippen molar-refractivity contribution < 1.29 is 14.3 Å². The number of amides is 3. The van der Waals surface area contributed by atoms with E-state index in [4.69, 9.17) is 27.9 Å². The molecule has 30 heavy (non-hydrogen) atoms. The predicted octanol–water partition coefficient (Wildman–Crippen LogP) is 5.31. The maximum atomic E-state index is 12.9. The first-order valence-corrected chi connectivity index (χ1v) is 11.0. The van der Waals surface area contributed by atoms with Gasteiger partial charge in [0.1, 0.15) is 5.60 Å². The van der Waals surface area contributed by atoms with Crippen molar-refractivity contribution in [3.05, 3.63) is 33.8 Å². The molecule has 1 spiro atoms. The lowest BCUT2D eigenvalue weighted by atomic mass is 9.65. The molecule has 1 unspecified atom stereocenters. The molecule has 2 heterocycles. The minimum absolute atomic E-state index is 0.0594. The molecule has 166 valence electrons. The van der Waals surface area contributed by atoms with E-state index in [1.807, 2.05) is 25.7 Å². The second-order valence-electron chi connectivity index (χ2n) is 10.4. The minimum Gasteiger partial charge on any atom is -0.444 e. The Morgan fingerprint density at radius 3 is 2.33 bits per heavy atom. The molecule has 1 N–H and O–H groups in total. The number of carbonyl (C=O) groups excluding carboxylic acids is 2. The molecule has 8 heteroatoms. The molecule has 2 fully saturated rings. The Morgan fingerprint density at radius 2 is 1.80 bits per heavy atom. The van der Waals surface area contributed by atoms with Crippen LogP contribution in [0, 0.1) is 5.41 Å². The normalized spacial score (nSPS) is 20.5. The Balaban J connectivity index is 1.61. The van der Waals surface area contributed by atoms with Crippen LogP contribution in [0.3, 0.4) is 0 Å². The van der Waals surface area contributed by atoms with Crippen LogP contribution >= 0.6 is 23.2 Å². The van der Waals surface area contributed by atoms with Crippen LogP contribution < -0.4 is 5.32 Å². The lowest BCUT2D eigenvalue weighted by molar-refractivity contribution is -0.163. The summed E-state index contributed by atoms with van der Waals surface area (Å²) < 4.78 is 5.66. The van der Waals surface area contributed by atoms with E-state index in [0.717, 1.165) is 12.0 Å². The Hall–Kier alpha value is -1.66. The lowest BCUT2D eigenvalue weighted by Gasteiger charge is -2.67. The predicted molar refractivity (Wildman–Crippen MR) is 119 cm³/mol. The van der Waals surface area contributed by atoms with E-state index in [1.54, 1.807) is 23.1 Å². The monoisotopic (exact) mass is 455 g/mol. The van der Waals surface area contributed by atoms with Gasteiger partial charge in [0.2, 0.25) is 0 Å². The van der Waals surface area contributed by atoms with Crippen LogP contribution in [0.5, 0.6) is 0 Å². The van der Waals surface area contributed by atoms with Crippen molar-refractivity contribution in [2.75, 3.05) is 13.1 Å². The van der Waals surface area contributed by atoms with Crippen LogP contribution in [0.25, 0.3) is 0 Å². The van der Waals surface area contributed by atoms with E-state index in [-0.39, 0.29) is 29.1 Å². The number of hydrogen-bond donors (Lipinski definition) is 1. The second kappa shape index (κ2) is 7.79. The highest BCUT2D eigenvalue weighted by molar-refractivity contribution is 6.35. The van der Waals surface area contributed by atoms with Crippen LogP contribution in [-0.4, -0.2) is 52.2 Å². The number of halogens is 2. The highest BCUT2D eigenvalue weighted by Crippen LogP contribution is 2.50. The van der Waals surface area contributed by atoms with Crippen molar-refractivity contribution in [2.24, 2.45) is 5.41 Å². The molecule has 1 aromatic carbocycles. The summed E-state index contributed by atoms with van der Waals surface area (Å²) in [6.45, 7) is 13.3. The molecule has 2 aliphatic rings. The van der Waals surface area contributed by atoms with Crippen molar-refractivity contribution in [3.8, 4) is 0 Å². The van der Waals surface area contributed by atoms with Crippen LogP contribution in [0.2, 0.25) is 10.0 Å². The van der Waals surface area contributed by atoms with Gasteiger partial charge in [-0.25, -0.2) is 9.59 Å². The zero-order chi connectivity index (χ0) is 22.5. The zero-order valence-electron chi connectivity index (χ0n) is 18.5. The number of carbonyl (C=O) groups is 2. The molecule has 0 radical (unpaired) electrons. The van der Waals surface area contributed by atoms with Crippen LogP contribution in [0.15, 0.2) is 18.2 Å². The van der Waals surface area contributed by atoms with Crippen molar-refractivity contribution in [1.82, 2.24) is 15.1 Å². The number of ether oxygens (including phenoxy) is 1. The molecule has 2 aliphatic heterocycles. The summed E-state index contributed by atoms with van der Waals surface area (Å²) in [6, 6.07) is 5.11. The smallest absolute Gasteiger partial charge is 0.411 e. The number of likely N-dealkylation sites (tertiary alicyclic amines) is 2. The fourth-order valence-corrected chi connectivity index (χ4v) is 4.61. The number of nitrogens with zero attached hydrogens (tertiary/aromatic N) is 2. The van der Waals surface area contributed by atoms with Gasteiger partial charge < -0.3 is 15.0 Å². The van der Waals surface area contributed by atoms with Gasteiger partial charge in [0, 0.05) is 35.7 Å². The molecule has 0 aromatic heterocycles. The molecule has 6 nitrogen and oxygen atoms in total. The third-order valence-electron chi connectivity index (χ3n) is 5.69. The number of rotatable bonds is 2. The minimum atomic E-state index is -0.561. The van der Waals surface area contributed by atoms with Gasteiger partial charge in [0.05, 0.1) is 5.54 Å². The van der Waals surface area contributed by atoms with Crippen LogP contribution in [-0.2, 0) is 11.3 Å². The first kappa shape index (κ1) is 23.0. The summed E-state index contributed by atoms with van der Waals surface area (Å²) in [5, 5.41) is 3.97. The third-order valence-corrected chi connectivity index (χ3v) is 6.28. The summed E-state index contributed by atoms with van der Waals surface area (Å²) in [6.07, 6.45) is 0.560. The molecule has 0 aliphatic carbocycles. The summed E-state index contributed by atoms with van der Waals surface area (Å²) in [7, 11) is 0. The Morgan fingerprint density at radius 1 is 1.17 bits per heavy atom. The quantitative estimate of drug-likeness (QED) is 0.656. The number of hydrogen-bond acceptors (Lipinski definition) is 3. The molecule has 0 bridgehead atoms. The van der Waals surface area contributed by atoms with Gasteiger partial charge in [0.25, 0.3) is 0 Å². The Kier molecular flexibility index (Phi) is 5.98. The molecule has 1 atom stereocenters. The number of urea groups is 1. The lowest BCUT2D eigenvalue weighted by Crippen LogP contribution is -2.83. The van der Waals surface area contributed by atoms with Gasteiger partial charge in [-0.3, -0.25) is 4.90 Å². The molecule has 2 saturated heterocycles. The third kappa shape index (κ3) is 4.65. The number of nitrogens with one attached hydrogen (secondary N) is 1. The fourth-order valence-electron chi connectivity index (χ4n) is 4.13. The summed E-state index contributed by atoms with van der Waals surface area (Å²) in [4.78, 5) is 29.1. The summed E-state index contributed by atoms with van der Waals surface area (Å²) in [5.41, 5.74) is -0.155. The Labute approximate surface area is 188 Å². The van der Waals surface area contributed by atoms with Gasteiger partial charge in [-0.2, -0.15) is 0 Å². The topological polar surface area (TPSA) is 61.9 Å². The van der Waals surface area contributed by atoms with E-state index < -0.39 is 5.60 Å². The Bertz CT molecular complexity index is 839. The van der Waals surface area contributed by atoms with Gasteiger partial charge in [-0.15, -0.1) is 0 Å². The van der Waals surface area contributed by atoms with E-state index in [9.17, 15) is 9.59 Å². The summed E-state index contributed by atoms with van der Waals surface area (Å²) >= 11 is 12.1. The maximum absolute atomic E-state index is 12.9.